The number of hydrogen-bond donors (Lipinski definition) is 2. The molecule has 2 fully saturated rings. The van der Waals surface area contributed by atoms with E-state index in [1.807, 2.05) is 26.2 Å². The van der Waals surface area contributed by atoms with E-state index >= 15 is 0 Å². The molecule has 2 aromatic carbocycles. The molecule has 2 aliphatic heterocycles. The van der Waals surface area contributed by atoms with Crippen LogP contribution in [0.4, 0.5) is 11.4 Å². The van der Waals surface area contributed by atoms with Gasteiger partial charge in [-0.2, -0.15) is 0 Å². The first-order chi connectivity index (χ1) is 18.0. The molecule has 0 aliphatic carbocycles. The number of aryl methyl sites for hydroxylation is 1. The zero-order chi connectivity index (χ0) is 26.5. The van der Waals surface area contributed by atoms with Gasteiger partial charge in [-0.25, -0.2) is 0 Å². The molecule has 2 heterocycles. The lowest BCUT2D eigenvalue weighted by atomic mass is 10.1. The summed E-state index contributed by atoms with van der Waals surface area (Å²) in [5.74, 6) is 0. The van der Waals surface area contributed by atoms with Crippen LogP contribution < -0.4 is 20.4 Å². The highest BCUT2D eigenvalue weighted by atomic mass is 35.5. The first-order valence-corrected chi connectivity index (χ1v) is 14.4. The molecule has 2 aliphatic rings. The molecule has 206 valence electrons. The fourth-order valence-electron chi connectivity index (χ4n) is 5.15. The molecule has 0 aromatic heterocycles. The molecule has 0 spiro atoms. The number of piperazine rings is 2. The Morgan fingerprint density at radius 2 is 1.24 bits per heavy atom. The Morgan fingerprint density at radius 3 is 1.78 bits per heavy atom. The molecule has 2 aromatic rings. The van der Waals surface area contributed by atoms with Crippen LogP contribution in [-0.4, -0.2) is 102 Å². The van der Waals surface area contributed by atoms with Crippen LogP contribution in [0.1, 0.15) is 24.0 Å². The van der Waals surface area contributed by atoms with Crippen LogP contribution >= 0.6 is 11.6 Å². The molecule has 2 N–H and O–H groups in total. The maximum absolute atomic E-state index is 6.03. The summed E-state index contributed by atoms with van der Waals surface area (Å²) < 4.78 is 0. The minimum absolute atomic E-state index is 0.823. The smallest absolute Gasteiger partial charge is 0.0426 e. The quantitative estimate of drug-likeness (QED) is 0.452. The fraction of sp³-hybridized carbons (Fsp3) is 0.600. The van der Waals surface area contributed by atoms with Gasteiger partial charge in [-0.3, -0.25) is 9.80 Å². The summed E-state index contributed by atoms with van der Waals surface area (Å²) >= 11 is 6.03. The molecule has 0 atom stereocenters. The van der Waals surface area contributed by atoms with E-state index < -0.39 is 0 Å². The van der Waals surface area contributed by atoms with Crippen molar-refractivity contribution in [3.05, 3.63) is 58.6 Å². The SMILES string of the molecule is CNCCCN1CCN(c2cccc(C)c2C)CC1.CNCCCN1CCN(c2cccc(Cl)c2)CC1. The van der Waals surface area contributed by atoms with Crippen molar-refractivity contribution in [2.24, 2.45) is 0 Å². The lowest BCUT2D eigenvalue weighted by Crippen LogP contribution is -2.47. The van der Waals surface area contributed by atoms with Crippen molar-refractivity contribution in [3.8, 4) is 0 Å². The van der Waals surface area contributed by atoms with Crippen molar-refractivity contribution in [1.82, 2.24) is 20.4 Å². The van der Waals surface area contributed by atoms with Crippen molar-refractivity contribution in [2.45, 2.75) is 26.7 Å². The van der Waals surface area contributed by atoms with E-state index in [0.717, 1.165) is 57.4 Å². The van der Waals surface area contributed by atoms with E-state index in [9.17, 15) is 0 Å². The number of hydrogen-bond acceptors (Lipinski definition) is 6. The van der Waals surface area contributed by atoms with Gasteiger partial charge in [-0.05, 0) is 102 Å². The van der Waals surface area contributed by atoms with Gasteiger partial charge in [0.2, 0.25) is 0 Å². The van der Waals surface area contributed by atoms with Gasteiger partial charge in [0.25, 0.3) is 0 Å². The lowest BCUT2D eigenvalue weighted by Gasteiger charge is -2.37. The average molecular weight is 529 g/mol. The Bertz CT molecular complexity index is 907. The van der Waals surface area contributed by atoms with Gasteiger partial charge in [-0.15, -0.1) is 0 Å². The van der Waals surface area contributed by atoms with Crippen LogP contribution in [0.5, 0.6) is 0 Å². The topological polar surface area (TPSA) is 37.0 Å². The lowest BCUT2D eigenvalue weighted by molar-refractivity contribution is 0.254. The standard InChI is InChI=1S/C16H27N3.C14H22ClN3/c1-14-6-4-7-16(15(14)2)19-12-10-18(11-13-19)9-5-8-17-3;1-16-6-3-7-17-8-10-18(11-9-17)14-5-2-4-13(15)12-14/h4,6-7,17H,5,8-13H2,1-3H3;2,4-5,12,16H,3,6-11H2,1H3. The highest BCUT2D eigenvalue weighted by Gasteiger charge is 2.18. The van der Waals surface area contributed by atoms with E-state index in [4.69, 9.17) is 11.6 Å². The summed E-state index contributed by atoms with van der Waals surface area (Å²) in [6.45, 7) is 18.3. The van der Waals surface area contributed by atoms with Crippen molar-refractivity contribution in [3.63, 3.8) is 0 Å². The van der Waals surface area contributed by atoms with Gasteiger partial charge in [0, 0.05) is 68.8 Å². The van der Waals surface area contributed by atoms with Crippen LogP contribution in [0, 0.1) is 13.8 Å². The summed E-state index contributed by atoms with van der Waals surface area (Å²) in [5, 5.41) is 7.24. The molecule has 7 heteroatoms. The molecular formula is C30H49ClN6. The minimum Gasteiger partial charge on any atom is -0.369 e. The van der Waals surface area contributed by atoms with Gasteiger partial charge in [0.15, 0.2) is 0 Å². The molecule has 4 rings (SSSR count). The number of nitrogens with zero attached hydrogens (tertiary/aromatic N) is 4. The Labute approximate surface area is 230 Å². The van der Waals surface area contributed by atoms with Crippen LogP contribution in [0.15, 0.2) is 42.5 Å². The Morgan fingerprint density at radius 1 is 0.703 bits per heavy atom. The van der Waals surface area contributed by atoms with E-state index in [2.05, 4.69) is 74.4 Å². The van der Waals surface area contributed by atoms with Gasteiger partial charge < -0.3 is 20.4 Å². The zero-order valence-corrected chi connectivity index (χ0v) is 24.4. The number of anilines is 2. The summed E-state index contributed by atoms with van der Waals surface area (Å²) in [6, 6.07) is 14.8. The van der Waals surface area contributed by atoms with Gasteiger partial charge in [-0.1, -0.05) is 29.8 Å². The van der Waals surface area contributed by atoms with Crippen molar-refractivity contribution >= 4 is 23.0 Å². The predicted molar refractivity (Wildman–Crippen MR) is 162 cm³/mol. The Hall–Kier alpha value is -1.83. The predicted octanol–water partition coefficient (Wildman–Crippen LogP) is 4.11. The first kappa shape index (κ1) is 29.7. The third-order valence-electron chi connectivity index (χ3n) is 7.64. The molecule has 0 bridgehead atoms. The minimum atomic E-state index is 0.823. The monoisotopic (exact) mass is 528 g/mol. The average Bonchev–Trinajstić information content (AvgIpc) is 2.92. The fourth-order valence-corrected chi connectivity index (χ4v) is 5.34. The molecule has 0 radical (unpaired) electrons. The molecule has 0 amide bonds. The second-order valence-electron chi connectivity index (χ2n) is 10.3. The highest BCUT2D eigenvalue weighted by Crippen LogP contribution is 2.24. The molecular weight excluding hydrogens is 480 g/mol. The van der Waals surface area contributed by atoms with Gasteiger partial charge >= 0.3 is 0 Å². The summed E-state index contributed by atoms with van der Waals surface area (Å²) in [5.41, 5.74) is 5.51. The molecule has 6 nitrogen and oxygen atoms in total. The third kappa shape index (κ3) is 9.77. The highest BCUT2D eigenvalue weighted by molar-refractivity contribution is 6.30. The van der Waals surface area contributed by atoms with Crippen LogP contribution in [0.2, 0.25) is 5.02 Å². The normalized spacial score (nSPS) is 17.0. The summed E-state index contributed by atoms with van der Waals surface area (Å²) in [7, 11) is 4.04. The largest absolute Gasteiger partial charge is 0.369 e. The number of halogens is 1. The van der Waals surface area contributed by atoms with Crippen LogP contribution in [0.25, 0.3) is 0 Å². The maximum atomic E-state index is 6.03. The van der Waals surface area contributed by atoms with Gasteiger partial charge in [0.05, 0.1) is 0 Å². The number of nitrogens with one attached hydrogen (secondary N) is 2. The summed E-state index contributed by atoms with van der Waals surface area (Å²) in [6.07, 6.45) is 2.48. The first-order valence-electron chi connectivity index (χ1n) is 14.1. The van der Waals surface area contributed by atoms with E-state index in [1.165, 1.54) is 61.5 Å². The second-order valence-corrected chi connectivity index (χ2v) is 10.7. The van der Waals surface area contributed by atoms with Crippen LogP contribution in [0.3, 0.4) is 0 Å². The van der Waals surface area contributed by atoms with Gasteiger partial charge in [0.1, 0.15) is 0 Å². The summed E-state index contributed by atoms with van der Waals surface area (Å²) in [4.78, 5) is 10.1. The van der Waals surface area contributed by atoms with E-state index in [0.29, 0.717) is 0 Å². The number of benzene rings is 2. The molecule has 0 unspecified atom stereocenters. The zero-order valence-electron chi connectivity index (χ0n) is 23.6. The Kier molecular flexibility index (Phi) is 13.0. The van der Waals surface area contributed by atoms with E-state index in [1.54, 1.807) is 0 Å². The molecule has 0 saturated carbocycles. The second kappa shape index (κ2) is 16.2. The van der Waals surface area contributed by atoms with Crippen molar-refractivity contribution < 1.29 is 0 Å². The Balaban J connectivity index is 0.000000206. The van der Waals surface area contributed by atoms with Crippen molar-refractivity contribution in [2.75, 3.05) is 102 Å². The number of rotatable bonds is 10. The van der Waals surface area contributed by atoms with Crippen LogP contribution in [-0.2, 0) is 0 Å². The maximum Gasteiger partial charge on any atom is 0.0426 e. The van der Waals surface area contributed by atoms with Crippen molar-refractivity contribution in [1.29, 1.82) is 0 Å². The molecule has 37 heavy (non-hydrogen) atoms. The van der Waals surface area contributed by atoms with E-state index in [-0.39, 0.29) is 0 Å². The molecule has 2 saturated heterocycles. The third-order valence-corrected chi connectivity index (χ3v) is 7.87.